The van der Waals surface area contributed by atoms with Gasteiger partial charge in [0, 0.05) is 30.5 Å². The topological polar surface area (TPSA) is 29.9 Å². The Morgan fingerprint density at radius 2 is 2.22 bits per heavy atom. The highest BCUT2D eigenvalue weighted by atomic mass is 15.1. The van der Waals surface area contributed by atoms with Crippen molar-refractivity contribution in [2.24, 2.45) is 11.8 Å². The second-order valence-electron chi connectivity index (χ2n) is 6.12. The zero-order valence-electron chi connectivity index (χ0n) is 10.7. The summed E-state index contributed by atoms with van der Waals surface area (Å²) in [6, 6.07) is 2.01. The molecule has 2 fully saturated rings. The molecule has 0 bridgehead atoms. The number of hydrogen-bond acceptors (Lipinski definition) is 2. The molecule has 2 saturated carbocycles. The van der Waals surface area contributed by atoms with Crippen LogP contribution < -0.4 is 5.32 Å². The summed E-state index contributed by atoms with van der Waals surface area (Å²) in [7, 11) is 0. The fourth-order valence-electron chi connectivity index (χ4n) is 4.14. The van der Waals surface area contributed by atoms with E-state index in [4.69, 9.17) is 0 Å². The van der Waals surface area contributed by atoms with Gasteiger partial charge in [-0.05, 0) is 43.9 Å². The summed E-state index contributed by atoms with van der Waals surface area (Å²) in [6.45, 7) is 0. The molecule has 5 atom stereocenters. The van der Waals surface area contributed by atoms with Gasteiger partial charge in [-0.15, -0.1) is 0 Å². The Morgan fingerprint density at radius 1 is 1.22 bits per heavy atom. The van der Waals surface area contributed by atoms with E-state index in [1.165, 1.54) is 32.1 Å². The lowest BCUT2D eigenvalue weighted by atomic mass is 9.71. The Labute approximate surface area is 108 Å². The Bertz CT molecular complexity index is 437. The zero-order chi connectivity index (χ0) is 11.9. The molecule has 0 radical (unpaired) electrons. The van der Waals surface area contributed by atoms with Gasteiger partial charge < -0.3 is 9.88 Å². The van der Waals surface area contributed by atoms with Crippen LogP contribution in [-0.4, -0.2) is 21.6 Å². The summed E-state index contributed by atoms with van der Waals surface area (Å²) in [4.78, 5) is 4.19. The summed E-state index contributed by atoms with van der Waals surface area (Å²) < 4.78 is 2.30. The molecule has 18 heavy (non-hydrogen) atoms. The standard InChI is InChI=1S/C15H21N3/c1-3-11-9-14(12(11)4-1)17-13-5-2-6-15(13)18-8-7-16-10-18/h1,4,7-8,10-15,17H,2-3,5-6,9H2. The van der Waals surface area contributed by atoms with E-state index in [-0.39, 0.29) is 0 Å². The highest BCUT2D eigenvalue weighted by Crippen LogP contribution is 2.44. The third kappa shape index (κ3) is 1.64. The van der Waals surface area contributed by atoms with E-state index >= 15 is 0 Å². The number of fused-ring (bicyclic) bond motifs is 1. The molecule has 0 amide bonds. The number of hydrogen-bond donors (Lipinski definition) is 1. The second kappa shape index (κ2) is 4.23. The van der Waals surface area contributed by atoms with Crippen LogP contribution in [0, 0.1) is 11.8 Å². The van der Waals surface area contributed by atoms with Crippen LogP contribution in [0.25, 0.3) is 0 Å². The first-order valence-corrected chi connectivity index (χ1v) is 7.32. The lowest BCUT2D eigenvalue weighted by Crippen LogP contribution is -2.52. The second-order valence-corrected chi connectivity index (χ2v) is 6.12. The van der Waals surface area contributed by atoms with Crippen molar-refractivity contribution in [3.63, 3.8) is 0 Å². The number of aromatic nitrogens is 2. The van der Waals surface area contributed by atoms with E-state index in [2.05, 4.69) is 33.2 Å². The molecule has 3 aliphatic carbocycles. The monoisotopic (exact) mass is 243 g/mol. The molecule has 4 rings (SSSR count). The normalized spacial score (nSPS) is 41.9. The molecular weight excluding hydrogens is 222 g/mol. The Kier molecular flexibility index (Phi) is 2.54. The van der Waals surface area contributed by atoms with Crippen LogP contribution in [0.5, 0.6) is 0 Å². The Hall–Kier alpha value is -1.09. The fourth-order valence-corrected chi connectivity index (χ4v) is 4.14. The van der Waals surface area contributed by atoms with Gasteiger partial charge in [0.1, 0.15) is 0 Å². The number of rotatable bonds is 3. The number of nitrogens with zero attached hydrogens (tertiary/aromatic N) is 2. The maximum atomic E-state index is 4.19. The third-order valence-corrected chi connectivity index (χ3v) is 5.18. The quantitative estimate of drug-likeness (QED) is 0.827. The molecule has 3 aliphatic rings. The molecular formula is C15H21N3. The van der Waals surface area contributed by atoms with Crippen molar-refractivity contribution in [1.29, 1.82) is 0 Å². The van der Waals surface area contributed by atoms with Crippen molar-refractivity contribution in [3.8, 4) is 0 Å². The molecule has 5 unspecified atom stereocenters. The smallest absolute Gasteiger partial charge is 0.0949 e. The van der Waals surface area contributed by atoms with Crippen molar-refractivity contribution in [1.82, 2.24) is 14.9 Å². The molecule has 3 nitrogen and oxygen atoms in total. The lowest BCUT2D eigenvalue weighted by Gasteiger charge is -2.43. The van der Waals surface area contributed by atoms with Crippen LogP contribution in [0.2, 0.25) is 0 Å². The highest BCUT2D eigenvalue weighted by Gasteiger charge is 2.43. The van der Waals surface area contributed by atoms with E-state index in [1.54, 1.807) is 0 Å². The molecule has 0 spiro atoms. The minimum atomic E-state index is 0.622. The van der Waals surface area contributed by atoms with Gasteiger partial charge >= 0.3 is 0 Å². The number of imidazole rings is 1. The molecule has 96 valence electrons. The van der Waals surface area contributed by atoms with Crippen molar-refractivity contribution >= 4 is 0 Å². The number of allylic oxidation sites excluding steroid dienone is 1. The average molecular weight is 243 g/mol. The largest absolute Gasteiger partial charge is 0.333 e. The van der Waals surface area contributed by atoms with Crippen molar-refractivity contribution in [3.05, 3.63) is 30.9 Å². The van der Waals surface area contributed by atoms with Gasteiger partial charge in [0.25, 0.3) is 0 Å². The molecule has 0 saturated heterocycles. The Balaban J connectivity index is 1.43. The summed E-state index contributed by atoms with van der Waals surface area (Å²) in [5.74, 6) is 1.78. The van der Waals surface area contributed by atoms with Gasteiger partial charge in [0.2, 0.25) is 0 Å². The van der Waals surface area contributed by atoms with Gasteiger partial charge in [-0.2, -0.15) is 0 Å². The summed E-state index contributed by atoms with van der Waals surface area (Å²) in [5, 5.41) is 3.93. The van der Waals surface area contributed by atoms with Crippen LogP contribution in [0.1, 0.15) is 38.1 Å². The average Bonchev–Trinajstić information content (AvgIpc) is 3.05. The highest BCUT2D eigenvalue weighted by molar-refractivity contribution is 5.13. The zero-order valence-corrected chi connectivity index (χ0v) is 10.7. The molecule has 1 N–H and O–H groups in total. The Morgan fingerprint density at radius 3 is 3.06 bits per heavy atom. The van der Waals surface area contributed by atoms with Crippen LogP contribution in [0.4, 0.5) is 0 Å². The SMILES string of the molecule is C1=CC2C(C1)CC2NC1CCCC1n1ccnc1. The predicted molar refractivity (Wildman–Crippen MR) is 71.2 cm³/mol. The molecule has 1 aromatic rings. The minimum absolute atomic E-state index is 0.622. The first kappa shape index (κ1) is 10.8. The van der Waals surface area contributed by atoms with E-state index in [0.29, 0.717) is 12.1 Å². The molecule has 0 aromatic carbocycles. The molecule has 1 heterocycles. The minimum Gasteiger partial charge on any atom is -0.333 e. The van der Waals surface area contributed by atoms with Crippen LogP contribution in [0.3, 0.4) is 0 Å². The van der Waals surface area contributed by atoms with Crippen molar-refractivity contribution < 1.29 is 0 Å². The maximum Gasteiger partial charge on any atom is 0.0949 e. The molecule has 1 aromatic heterocycles. The van der Waals surface area contributed by atoms with E-state index in [9.17, 15) is 0 Å². The van der Waals surface area contributed by atoms with Crippen LogP contribution >= 0.6 is 0 Å². The summed E-state index contributed by atoms with van der Waals surface area (Å²) >= 11 is 0. The summed E-state index contributed by atoms with van der Waals surface area (Å²) in [6.07, 6.45) is 17.5. The predicted octanol–water partition coefficient (Wildman–Crippen LogP) is 2.53. The first-order valence-electron chi connectivity index (χ1n) is 7.32. The van der Waals surface area contributed by atoms with Gasteiger partial charge in [0.05, 0.1) is 6.33 Å². The van der Waals surface area contributed by atoms with Crippen molar-refractivity contribution in [2.45, 2.75) is 50.2 Å². The van der Waals surface area contributed by atoms with Crippen LogP contribution in [-0.2, 0) is 0 Å². The van der Waals surface area contributed by atoms with Gasteiger partial charge in [-0.1, -0.05) is 12.2 Å². The number of nitrogens with one attached hydrogen (secondary N) is 1. The van der Waals surface area contributed by atoms with Crippen molar-refractivity contribution in [2.75, 3.05) is 0 Å². The third-order valence-electron chi connectivity index (χ3n) is 5.18. The molecule has 3 heteroatoms. The summed E-state index contributed by atoms with van der Waals surface area (Å²) in [5.41, 5.74) is 0. The van der Waals surface area contributed by atoms with E-state index in [0.717, 1.165) is 17.9 Å². The lowest BCUT2D eigenvalue weighted by molar-refractivity contribution is 0.142. The van der Waals surface area contributed by atoms with Gasteiger partial charge in [-0.3, -0.25) is 0 Å². The van der Waals surface area contributed by atoms with Gasteiger partial charge in [-0.25, -0.2) is 4.98 Å². The first-order chi connectivity index (χ1) is 8.92. The van der Waals surface area contributed by atoms with E-state index < -0.39 is 0 Å². The fraction of sp³-hybridized carbons (Fsp3) is 0.667. The van der Waals surface area contributed by atoms with Gasteiger partial charge in [0.15, 0.2) is 0 Å². The maximum absolute atomic E-state index is 4.19. The van der Waals surface area contributed by atoms with E-state index in [1.807, 2.05) is 12.5 Å². The van der Waals surface area contributed by atoms with Crippen LogP contribution in [0.15, 0.2) is 30.9 Å². The molecule has 0 aliphatic heterocycles.